The molecule has 0 amide bonds. The molecule has 1 unspecified atom stereocenters. The second-order valence-electron chi connectivity index (χ2n) is 2.97. The number of ketones is 1. The zero-order valence-corrected chi connectivity index (χ0v) is 8.53. The minimum atomic E-state index is -1.02. The minimum absolute atomic E-state index is 0.0932. The summed E-state index contributed by atoms with van der Waals surface area (Å²) in [5, 5.41) is 18.5. The Morgan fingerprint density at radius 1 is 1.57 bits per heavy atom. The zero-order valence-electron chi connectivity index (χ0n) is 8.53. The lowest BCUT2D eigenvalue weighted by atomic mass is 10.1. The third kappa shape index (κ3) is 4.62. The lowest BCUT2D eigenvalue weighted by Crippen LogP contribution is -2.17. The monoisotopic (exact) mass is 196 g/mol. The predicted molar refractivity (Wildman–Crippen MR) is 56.0 cm³/mol. The van der Waals surface area contributed by atoms with Crippen molar-refractivity contribution in [1.82, 2.24) is 0 Å². The van der Waals surface area contributed by atoms with Crippen LogP contribution in [0.2, 0.25) is 0 Å². The largest absolute Gasteiger partial charge is 0.508 e. The van der Waals surface area contributed by atoms with Crippen molar-refractivity contribution in [2.24, 2.45) is 0 Å². The highest BCUT2D eigenvalue weighted by atomic mass is 16.3. The van der Waals surface area contributed by atoms with E-state index >= 15 is 0 Å². The van der Waals surface area contributed by atoms with Gasteiger partial charge < -0.3 is 10.2 Å². The number of allylic oxidation sites excluding steroid dienone is 3. The summed E-state index contributed by atoms with van der Waals surface area (Å²) in [6, 6.07) is 0. The van der Waals surface area contributed by atoms with Gasteiger partial charge in [-0.1, -0.05) is 12.7 Å². The molecule has 0 spiro atoms. The Balaban J connectivity index is 4.52. The second kappa shape index (κ2) is 6.16. The lowest BCUT2D eigenvalue weighted by Gasteiger charge is -2.06. The summed E-state index contributed by atoms with van der Waals surface area (Å²) in [5.41, 5.74) is 0.628. The van der Waals surface area contributed by atoms with Gasteiger partial charge in [0.05, 0.1) is 0 Å². The van der Waals surface area contributed by atoms with Crippen LogP contribution >= 0.6 is 0 Å². The number of hydrogen-bond donors (Lipinski definition) is 2. The molecule has 1 atom stereocenters. The summed E-state index contributed by atoms with van der Waals surface area (Å²) in [6.45, 7) is 6.54. The van der Waals surface area contributed by atoms with E-state index in [1.807, 2.05) is 0 Å². The Morgan fingerprint density at radius 2 is 2.14 bits per heavy atom. The molecule has 3 nitrogen and oxygen atoms in total. The summed E-state index contributed by atoms with van der Waals surface area (Å²) in [6.07, 6.45) is 3.65. The fourth-order valence-electron chi connectivity index (χ4n) is 0.841. The first-order chi connectivity index (χ1) is 6.51. The smallest absolute Gasteiger partial charge is 0.158 e. The molecule has 0 aliphatic carbocycles. The van der Waals surface area contributed by atoms with Crippen LogP contribution in [0.25, 0.3) is 0 Å². The lowest BCUT2D eigenvalue weighted by molar-refractivity contribution is -0.124. The standard InChI is InChI=1S/C11H16O3/c1-4-9(6-10(13)5-2)7-11(14)8(3)12/h4-6,11,13-14H,1,7H2,2-3H3/b9-6+,10-5+. The Kier molecular flexibility index (Phi) is 5.56. The second-order valence-corrected chi connectivity index (χ2v) is 2.97. The first-order valence-electron chi connectivity index (χ1n) is 4.38. The molecule has 0 fully saturated rings. The van der Waals surface area contributed by atoms with Crippen LogP contribution < -0.4 is 0 Å². The maximum Gasteiger partial charge on any atom is 0.158 e. The van der Waals surface area contributed by atoms with Crippen molar-refractivity contribution in [3.8, 4) is 0 Å². The molecule has 0 aliphatic heterocycles. The highest BCUT2D eigenvalue weighted by molar-refractivity contribution is 5.80. The van der Waals surface area contributed by atoms with Crippen molar-refractivity contribution in [1.29, 1.82) is 0 Å². The van der Waals surface area contributed by atoms with Gasteiger partial charge in [0.25, 0.3) is 0 Å². The van der Waals surface area contributed by atoms with E-state index in [1.165, 1.54) is 25.2 Å². The van der Waals surface area contributed by atoms with E-state index < -0.39 is 6.10 Å². The normalized spacial score (nSPS) is 15.1. The molecule has 0 aromatic rings. The van der Waals surface area contributed by atoms with Gasteiger partial charge in [0.15, 0.2) is 5.78 Å². The number of aliphatic hydroxyl groups is 2. The van der Waals surface area contributed by atoms with Crippen LogP contribution in [0.5, 0.6) is 0 Å². The molecular formula is C11H16O3. The number of Topliss-reactive ketones (excluding diaryl/α,β-unsaturated/α-hetero) is 1. The van der Waals surface area contributed by atoms with E-state index in [0.717, 1.165) is 0 Å². The van der Waals surface area contributed by atoms with Gasteiger partial charge in [-0.15, -0.1) is 0 Å². The van der Waals surface area contributed by atoms with E-state index in [0.29, 0.717) is 5.57 Å². The van der Waals surface area contributed by atoms with Gasteiger partial charge in [-0.25, -0.2) is 0 Å². The molecule has 0 bridgehead atoms. The zero-order chi connectivity index (χ0) is 11.1. The molecular weight excluding hydrogens is 180 g/mol. The van der Waals surface area contributed by atoms with Crippen LogP contribution in [0.1, 0.15) is 20.3 Å². The molecule has 0 aliphatic rings. The molecule has 0 rings (SSSR count). The number of carbonyl (C=O) groups excluding carboxylic acids is 1. The maximum atomic E-state index is 10.8. The average Bonchev–Trinajstić information content (AvgIpc) is 2.16. The number of aliphatic hydroxyl groups excluding tert-OH is 2. The van der Waals surface area contributed by atoms with Crippen molar-refractivity contribution in [3.63, 3.8) is 0 Å². The van der Waals surface area contributed by atoms with Crippen molar-refractivity contribution >= 4 is 5.78 Å². The van der Waals surface area contributed by atoms with E-state index in [9.17, 15) is 15.0 Å². The maximum absolute atomic E-state index is 10.8. The quantitative estimate of drug-likeness (QED) is 0.521. The molecule has 0 aromatic heterocycles. The Morgan fingerprint density at radius 3 is 2.50 bits per heavy atom. The molecule has 14 heavy (non-hydrogen) atoms. The van der Waals surface area contributed by atoms with Gasteiger partial charge in [0.1, 0.15) is 11.9 Å². The van der Waals surface area contributed by atoms with Crippen LogP contribution in [-0.2, 0) is 4.79 Å². The molecule has 0 heterocycles. The van der Waals surface area contributed by atoms with Crippen LogP contribution in [-0.4, -0.2) is 22.1 Å². The van der Waals surface area contributed by atoms with E-state index in [2.05, 4.69) is 6.58 Å². The molecule has 0 saturated carbocycles. The Bertz CT molecular complexity index is 274. The third-order valence-corrected chi connectivity index (χ3v) is 1.79. The Labute approximate surface area is 84.1 Å². The van der Waals surface area contributed by atoms with E-state index in [1.54, 1.807) is 6.92 Å². The minimum Gasteiger partial charge on any atom is -0.508 e. The van der Waals surface area contributed by atoms with Crippen LogP contribution in [0.3, 0.4) is 0 Å². The molecule has 2 N–H and O–H groups in total. The highest BCUT2D eigenvalue weighted by Crippen LogP contribution is 2.10. The summed E-state index contributed by atoms with van der Waals surface area (Å²) in [7, 11) is 0. The summed E-state index contributed by atoms with van der Waals surface area (Å²) >= 11 is 0. The van der Waals surface area contributed by atoms with Crippen LogP contribution in [0.15, 0.2) is 36.1 Å². The van der Waals surface area contributed by atoms with Gasteiger partial charge in [0.2, 0.25) is 0 Å². The number of rotatable bonds is 5. The molecule has 3 heteroatoms. The number of hydrogen-bond acceptors (Lipinski definition) is 3. The van der Waals surface area contributed by atoms with Gasteiger partial charge in [-0.05, 0) is 31.6 Å². The Hall–Kier alpha value is -1.35. The average molecular weight is 196 g/mol. The van der Waals surface area contributed by atoms with Gasteiger partial charge >= 0.3 is 0 Å². The van der Waals surface area contributed by atoms with E-state index in [-0.39, 0.29) is 18.0 Å². The van der Waals surface area contributed by atoms with Crippen molar-refractivity contribution < 1.29 is 15.0 Å². The first kappa shape index (κ1) is 12.7. The number of carbonyl (C=O) groups is 1. The molecule has 78 valence electrons. The fraction of sp³-hybridized carbons (Fsp3) is 0.364. The topological polar surface area (TPSA) is 57.5 Å². The third-order valence-electron chi connectivity index (χ3n) is 1.79. The van der Waals surface area contributed by atoms with E-state index in [4.69, 9.17) is 0 Å². The van der Waals surface area contributed by atoms with Crippen LogP contribution in [0, 0.1) is 0 Å². The fourth-order valence-corrected chi connectivity index (χ4v) is 0.841. The van der Waals surface area contributed by atoms with Crippen molar-refractivity contribution in [3.05, 3.63) is 36.1 Å². The highest BCUT2D eigenvalue weighted by Gasteiger charge is 2.10. The van der Waals surface area contributed by atoms with Gasteiger partial charge in [0, 0.05) is 6.42 Å². The predicted octanol–water partition coefficient (Wildman–Crippen LogP) is 1.90. The summed E-state index contributed by atoms with van der Waals surface area (Å²) < 4.78 is 0. The summed E-state index contributed by atoms with van der Waals surface area (Å²) in [4.78, 5) is 10.8. The molecule has 0 saturated heterocycles. The van der Waals surface area contributed by atoms with Crippen molar-refractivity contribution in [2.45, 2.75) is 26.4 Å². The van der Waals surface area contributed by atoms with Gasteiger partial charge in [-0.2, -0.15) is 0 Å². The molecule has 0 radical (unpaired) electrons. The molecule has 0 aromatic carbocycles. The first-order valence-corrected chi connectivity index (χ1v) is 4.38. The van der Waals surface area contributed by atoms with Gasteiger partial charge in [-0.3, -0.25) is 4.79 Å². The summed E-state index contributed by atoms with van der Waals surface area (Å²) in [5.74, 6) is -0.201. The SMILES string of the molecule is C=C/C(=C\C(O)=C/C)CC(O)C(C)=O. The van der Waals surface area contributed by atoms with Crippen LogP contribution in [0.4, 0.5) is 0 Å². The van der Waals surface area contributed by atoms with Crippen molar-refractivity contribution in [2.75, 3.05) is 0 Å².